The molecule has 0 radical (unpaired) electrons. The highest BCUT2D eigenvalue weighted by Gasteiger charge is 2.53. The normalized spacial score (nSPS) is 27.8. The van der Waals surface area contributed by atoms with Crippen LogP contribution in [0.5, 0.6) is 0 Å². The number of carbonyl (C=O) groups excluding carboxylic acids is 2. The van der Waals surface area contributed by atoms with Gasteiger partial charge in [0.2, 0.25) is 0 Å². The van der Waals surface area contributed by atoms with Crippen molar-refractivity contribution in [1.82, 2.24) is 4.90 Å². The molecule has 0 heterocycles. The minimum Gasteiger partial charge on any atom is -0.480 e. The van der Waals surface area contributed by atoms with Crippen LogP contribution in [-0.4, -0.2) is 53.3 Å². The summed E-state index contributed by atoms with van der Waals surface area (Å²) in [5.74, 6) is -0.103. The van der Waals surface area contributed by atoms with Crippen LogP contribution in [0.25, 0.3) is 11.1 Å². The van der Waals surface area contributed by atoms with Crippen LogP contribution in [0.2, 0.25) is 0 Å². The number of hydrogen-bond acceptors (Lipinski definition) is 5. The first kappa shape index (κ1) is 24.0. The van der Waals surface area contributed by atoms with Crippen molar-refractivity contribution in [2.75, 3.05) is 13.7 Å². The van der Waals surface area contributed by atoms with Gasteiger partial charge in [0.25, 0.3) is 0 Å². The van der Waals surface area contributed by atoms with E-state index in [0.29, 0.717) is 17.8 Å². The van der Waals surface area contributed by atoms with Crippen LogP contribution in [-0.2, 0) is 19.1 Å². The molecule has 1 unspecified atom stereocenters. The molecular formula is C30H33NO6. The van der Waals surface area contributed by atoms with Crippen molar-refractivity contribution in [3.63, 3.8) is 0 Å². The maximum Gasteiger partial charge on any atom is 0.410 e. The number of carboxylic acid groups (broad SMARTS) is 1. The number of amides is 1. The van der Waals surface area contributed by atoms with E-state index in [0.717, 1.165) is 46.4 Å². The highest BCUT2D eigenvalue weighted by Crippen LogP contribution is 2.57. The van der Waals surface area contributed by atoms with E-state index >= 15 is 0 Å². The maximum atomic E-state index is 12.9. The molecule has 4 saturated carbocycles. The number of ether oxygens (including phenoxy) is 2. The molecular weight excluding hydrogens is 470 g/mol. The summed E-state index contributed by atoms with van der Waals surface area (Å²) < 4.78 is 11.6. The van der Waals surface area contributed by atoms with Crippen molar-refractivity contribution in [3.05, 3.63) is 59.7 Å². The first-order chi connectivity index (χ1) is 17.8. The van der Waals surface area contributed by atoms with Gasteiger partial charge in [0.05, 0.1) is 6.42 Å². The minimum absolute atomic E-state index is 0.0846. The van der Waals surface area contributed by atoms with Crippen LogP contribution in [0.15, 0.2) is 48.5 Å². The van der Waals surface area contributed by atoms with E-state index in [1.807, 2.05) is 36.4 Å². The molecule has 0 spiro atoms. The third-order valence-corrected chi connectivity index (χ3v) is 9.05. The molecule has 2 aromatic rings. The Morgan fingerprint density at radius 2 is 1.43 bits per heavy atom. The molecule has 1 amide bonds. The van der Waals surface area contributed by atoms with Gasteiger partial charge in [-0.1, -0.05) is 48.5 Å². The van der Waals surface area contributed by atoms with Crippen LogP contribution in [0.4, 0.5) is 4.79 Å². The number of rotatable bonds is 7. The van der Waals surface area contributed by atoms with E-state index in [1.165, 1.54) is 26.3 Å². The van der Waals surface area contributed by atoms with Crippen LogP contribution in [0, 0.1) is 17.8 Å². The Morgan fingerprint density at radius 3 is 1.95 bits per heavy atom. The van der Waals surface area contributed by atoms with Gasteiger partial charge in [-0.25, -0.2) is 9.59 Å². The summed E-state index contributed by atoms with van der Waals surface area (Å²) in [6.45, 7) is 0.0846. The van der Waals surface area contributed by atoms with Crippen LogP contribution < -0.4 is 0 Å². The summed E-state index contributed by atoms with van der Waals surface area (Å²) in [7, 11) is 1.37. The fourth-order valence-electron chi connectivity index (χ4n) is 7.81. The fourth-order valence-corrected chi connectivity index (χ4v) is 7.81. The van der Waals surface area contributed by atoms with Crippen LogP contribution in [0.3, 0.4) is 0 Å². The lowest BCUT2D eigenvalue weighted by molar-refractivity contribution is -0.188. The SMILES string of the molecule is CN(C(=O)OCC1c2ccccc2-c2ccccc21)C(CC(=O)OC12CC3CC(CC(C3)C1)C2)C(=O)O. The molecule has 0 saturated heterocycles. The van der Waals surface area contributed by atoms with Gasteiger partial charge in [-0.15, -0.1) is 0 Å². The Morgan fingerprint density at radius 1 is 0.919 bits per heavy atom. The molecule has 1 atom stereocenters. The maximum absolute atomic E-state index is 12.9. The number of benzene rings is 2. The number of hydrogen-bond donors (Lipinski definition) is 1. The van der Waals surface area contributed by atoms with Gasteiger partial charge in [-0.05, 0) is 78.5 Å². The number of nitrogens with zero attached hydrogens (tertiary/aromatic N) is 1. The zero-order valence-electron chi connectivity index (χ0n) is 21.1. The molecule has 7 heteroatoms. The molecule has 4 fully saturated rings. The lowest BCUT2D eigenvalue weighted by Gasteiger charge is -2.55. The summed E-state index contributed by atoms with van der Waals surface area (Å²) in [6, 6.07) is 14.7. The first-order valence-electron chi connectivity index (χ1n) is 13.3. The quantitative estimate of drug-likeness (QED) is 0.521. The average molecular weight is 504 g/mol. The number of carboxylic acids is 1. The number of fused-ring (bicyclic) bond motifs is 3. The number of esters is 1. The molecule has 5 aliphatic rings. The molecule has 37 heavy (non-hydrogen) atoms. The molecule has 194 valence electrons. The van der Waals surface area contributed by atoms with Gasteiger partial charge >= 0.3 is 18.0 Å². The monoisotopic (exact) mass is 503 g/mol. The second-order valence-corrected chi connectivity index (χ2v) is 11.5. The zero-order valence-corrected chi connectivity index (χ0v) is 21.1. The van der Waals surface area contributed by atoms with E-state index in [9.17, 15) is 19.5 Å². The molecule has 1 N–H and O–H groups in total. The van der Waals surface area contributed by atoms with E-state index in [1.54, 1.807) is 0 Å². The first-order valence-corrected chi connectivity index (χ1v) is 13.3. The van der Waals surface area contributed by atoms with E-state index in [-0.39, 0.29) is 12.5 Å². The molecule has 5 aliphatic carbocycles. The van der Waals surface area contributed by atoms with E-state index in [4.69, 9.17) is 9.47 Å². The van der Waals surface area contributed by atoms with Gasteiger partial charge in [-0.3, -0.25) is 9.69 Å². The predicted molar refractivity (Wildman–Crippen MR) is 136 cm³/mol. The fraction of sp³-hybridized carbons (Fsp3) is 0.500. The topological polar surface area (TPSA) is 93.1 Å². The van der Waals surface area contributed by atoms with Crippen molar-refractivity contribution in [1.29, 1.82) is 0 Å². The van der Waals surface area contributed by atoms with Crippen molar-refractivity contribution in [3.8, 4) is 11.1 Å². The smallest absolute Gasteiger partial charge is 0.410 e. The lowest BCUT2D eigenvalue weighted by atomic mass is 9.54. The van der Waals surface area contributed by atoms with Gasteiger partial charge in [-0.2, -0.15) is 0 Å². The predicted octanol–water partition coefficient (Wildman–Crippen LogP) is 5.22. The highest BCUT2D eigenvalue weighted by atomic mass is 16.6. The summed E-state index contributed by atoms with van der Waals surface area (Å²) in [4.78, 5) is 39.0. The summed E-state index contributed by atoms with van der Waals surface area (Å²) >= 11 is 0. The van der Waals surface area contributed by atoms with Crippen LogP contribution >= 0.6 is 0 Å². The van der Waals surface area contributed by atoms with Gasteiger partial charge in [0.15, 0.2) is 0 Å². The summed E-state index contributed by atoms with van der Waals surface area (Å²) in [5, 5.41) is 9.85. The minimum atomic E-state index is -1.35. The van der Waals surface area contributed by atoms with Crippen molar-refractivity contribution < 1.29 is 29.0 Å². The third-order valence-electron chi connectivity index (χ3n) is 9.05. The second kappa shape index (κ2) is 9.19. The molecule has 4 bridgehead atoms. The zero-order chi connectivity index (χ0) is 25.7. The molecule has 0 aliphatic heterocycles. The Labute approximate surface area is 216 Å². The number of aliphatic carboxylic acids is 1. The Kier molecular flexibility index (Phi) is 5.97. The number of carbonyl (C=O) groups is 3. The van der Waals surface area contributed by atoms with Crippen LogP contribution in [0.1, 0.15) is 62.0 Å². The molecule has 0 aromatic heterocycles. The highest BCUT2D eigenvalue weighted by molar-refractivity contribution is 5.85. The molecule has 2 aromatic carbocycles. The summed E-state index contributed by atoms with van der Waals surface area (Å²) in [5.41, 5.74) is 3.94. The van der Waals surface area contributed by atoms with Gasteiger partial charge in [0.1, 0.15) is 18.2 Å². The number of likely N-dealkylation sites (N-methyl/N-ethyl adjacent to an activating group) is 1. The van der Waals surface area contributed by atoms with E-state index in [2.05, 4.69) is 12.1 Å². The standard InChI is InChI=1S/C30H33NO6/c1-31(29(35)36-17-25-23-8-4-2-6-21(23)22-7-3-5-9-24(22)25)26(28(33)34)13-27(32)37-30-14-18-10-19(15-30)12-20(11-18)16-30/h2-9,18-20,25-26H,10-17H2,1H3,(H,33,34). The molecule has 7 rings (SSSR count). The second-order valence-electron chi connectivity index (χ2n) is 11.5. The van der Waals surface area contributed by atoms with Crippen molar-refractivity contribution >= 4 is 18.0 Å². The van der Waals surface area contributed by atoms with Crippen molar-refractivity contribution in [2.45, 2.75) is 62.5 Å². The largest absolute Gasteiger partial charge is 0.480 e. The Hall–Kier alpha value is -3.35. The molecule has 7 nitrogen and oxygen atoms in total. The van der Waals surface area contributed by atoms with Crippen molar-refractivity contribution in [2.24, 2.45) is 17.8 Å². The van der Waals surface area contributed by atoms with Gasteiger partial charge < -0.3 is 14.6 Å². The lowest BCUT2D eigenvalue weighted by Crippen LogP contribution is -2.53. The summed E-state index contributed by atoms with van der Waals surface area (Å²) in [6.07, 6.45) is 5.15. The Bertz CT molecular complexity index is 1160. The van der Waals surface area contributed by atoms with E-state index < -0.39 is 36.1 Å². The average Bonchev–Trinajstić information content (AvgIpc) is 3.18. The van der Waals surface area contributed by atoms with Gasteiger partial charge in [0, 0.05) is 13.0 Å². The third kappa shape index (κ3) is 4.38. The Balaban J connectivity index is 1.10.